The first-order valence-electron chi connectivity index (χ1n) is 9.78. The van der Waals surface area contributed by atoms with Gasteiger partial charge in [0.25, 0.3) is 0 Å². The number of hydrogen-bond acceptors (Lipinski definition) is 0. The molecule has 0 aliphatic heterocycles. The number of benzene rings is 1. The van der Waals surface area contributed by atoms with Crippen molar-refractivity contribution in [2.24, 2.45) is 0 Å². The standard InChI is InChI=1S/C17H35Si4.3CH3.Sn/c1-18(2)14-15-20(6,7)21(8,9)17-12-10-16(11-13-17)19(3,4)5;;;;/h10-13H,14-15H2,1-9H3;3*1H3;. The first kappa shape index (κ1) is 25.9. The fraction of sp³-hybridized carbons (Fsp3) is 0.700. The molecule has 2 radical (unpaired) electrons. The van der Waals surface area contributed by atoms with Crippen LogP contribution < -0.4 is 10.4 Å². The van der Waals surface area contributed by atoms with Crippen LogP contribution in [0.5, 0.6) is 0 Å². The second kappa shape index (κ2) is 10.4. The molecule has 1 aromatic carbocycles. The van der Waals surface area contributed by atoms with E-state index in [2.05, 4.69) is 98.0 Å². The fourth-order valence-corrected chi connectivity index (χ4v) is 16.6. The minimum absolute atomic E-state index is 0.0717. The monoisotopic (exact) mass is 516 g/mol. The van der Waals surface area contributed by atoms with Gasteiger partial charge in [-0.2, -0.15) is 0 Å². The Balaban J connectivity index is 0.00000129. The molecular weight excluding hydrogens is 471 g/mol. The quantitative estimate of drug-likeness (QED) is 0.404. The van der Waals surface area contributed by atoms with E-state index < -0.39 is 43.0 Å². The normalized spacial score (nSPS) is 13.0. The summed E-state index contributed by atoms with van der Waals surface area (Å²) in [5.74, 6) is 0. The van der Waals surface area contributed by atoms with Crippen molar-refractivity contribution in [3.8, 4) is 0 Å². The molecule has 0 aromatic heterocycles. The zero-order valence-corrected chi connectivity index (χ0v) is 26.1. The van der Waals surface area contributed by atoms with Gasteiger partial charge in [0.1, 0.15) is 0 Å². The van der Waals surface area contributed by atoms with Crippen molar-refractivity contribution in [2.75, 3.05) is 0 Å². The van der Waals surface area contributed by atoms with Crippen LogP contribution in [0.1, 0.15) is 0 Å². The molecule has 0 saturated carbocycles. The van der Waals surface area contributed by atoms with Crippen molar-refractivity contribution in [1.82, 2.24) is 0 Å². The van der Waals surface area contributed by atoms with E-state index in [0.29, 0.717) is 0 Å². The van der Waals surface area contributed by atoms with Gasteiger partial charge in [-0.3, -0.25) is 0 Å². The Kier molecular flexibility index (Phi) is 10.8. The van der Waals surface area contributed by atoms with E-state index in [9.17, 15) is 0 Å². The summed E-state index contributed by atoms with van der Waals surface area (Å²) < 4.78 is 0. The van der Waals surface area contributed by atoms with Gasteiger partial charge in [-0.1, -0.05) is 106 Å². The van der Waals surface area contributed by atoms with Crippen LogP contribution in [0.4, 0.5) is 0 Å². The van der Waals surface area contributed by atoms with Crippen LogP contribution in [0, 0.1) is 0 Å². The molecule has 1 aromatic rings. The van der Waals surface area contributed by atoms with Crippen molar-refractivity contribution in [2.45, 2.75) is 85.8 Å². The van der Waals surface area contributed by atoms with Gasteiger partial charge in [-0.15, -0.1) is 0 Å². The van der Waals surface area contributed by atoms with E-state index in [1.165, 1.54) is 12.1 Å². The van der Waals surface area contributed by atoms with Gasteiger partial charge in [0, 0.05) is 16.4 Å². The molecular formula is C20H44Si4Sn. The molecule has 0 aliphatic rings. The Hall–Kier alpha value is 0.886. The topological polar surface area (TPSA) is 0 Å². The second-order valence-electron chi connectivity index (χ2n) is 10.5. The maximum atomic E-state index is 2.65. The van der Waals surface area contributed by atoms with Crippen LogP contribution in [0.2, 0.25) is 85.8 Å². The summed E-state index contributed by atoms with van der Waals surface area (Å²) in [4.78, 5) is 7.09. The van der Waals surface area contributed by atoms with Crippen molar-refractivity contribution >= 4 is 62.2 Å². The number of rotatable bonds is 6. The first-order chi connectivity index (χ1) is 11.1. The third-order valence-corrected chi connectivity index (χ3v) is 27.7. The van der Waals surface area contributed by atoms with Crippen molar-refractivity contribution in [3.05, 3.63) is 24.3 Å². The van der Waals surface area contributed by atoms with Gasteiger partial charge in [-0.05, 0) is 0 Å². The van der Waals surface area contributed by atoms with Crippen LogP contribution >= 0.6 is 0 Å². The summed E-state index contributed by atoms with van der Waals surface area (Å²) in [6.07, 6.45) is 0. The molecule has 0 saturated heterocycles. The maximum absolute atomic E-state index is 2.65. The summed E-state index contributed by atoms with van der Waals surface area (Å²) in [5.41, 5.74) is 0. The van der Waals surface area contributed by atoms with Gasteiger partial charge in [0.15, 0.2) is 0 Å². The molecule has 1 rings (SSSR count). The van der Waals surface area contributed by atoms with Crippen LogP contribution in [-0.4, -0.2) is 51.8 Å². The summed E-state index contributed by atoms with van der Waals surface area (Å²) in [7, 11) is -3.64. The summed E-state index contributed by atoms with van der Waals surface area (Å²) >= 11 is -0.543. The summed E-state index contributed by atoms with van der Waals surface area (Å²) in [5, 5.41) is 3.30. The fourth-order valence-electron chi connectivity index (χ4n) is 2.65. The number of hydrogen-bond donors (Lipinski definition) is 0. The molecule has 0 heterocycles. The molecule has 0 bridgehead atoms. The average Bonchev–Trinajstić information content (AvgIpc) is 2.43. The zero-order valence-electron chi connectivity index (χ0n) is 19.2. The molecule has 5 heteroatoms. The Morgan fingerprint density at radius 3 is 1.44 bits per heavy atom. The molecule has 0 unspecified atom stereocenters. The van der Waals surface area contributed by atoms with E-state index in [4.69, 9.17) is 0 Å². The SMILES string of the molecule is C[Si](C)CC[Si](C)(C)[Si](C)(C)c1ccc([Si](C)(C)C)cc1.[CH3][Sn]([CH3])[CH3]. The summed E-state index contributed by atoms with van der Waals surface area (Å²) in [6.45, 7) is 22.8. The van der Waals surface area contributed by atoms with E-state index in [0.717, 1.165) is 0 Å². The molecule has 0 aliphatic carbocycles. The van der Waals surface area contributed by atoms with E-state index >= 15 is 0 Å². The van der Waals surface area contributed by atoms with Gasteiger partial charge >= 0.3 is 34.6 Å². The predicted octanol–water partition coefficient (Wildman–Crippen LogP) is 6.06. The van der Waals surface area contributed by atoms with Crippen LogP contribution in [-0.2, 0) is 0 Å². The molecule has 0 nitrogen and oxygen atoms in total. The van der Waals surface area contributed by atoms with Crippen molar-refractivity contribution < 1.29 is 0 Å². The van der Waals surface area contributed by atoms with Gasteiger partial charge in [-0.25, -0.2) is 0 Å². The molecule has 25 heavy (non-hydrogen) atoms. The predicted molar refractivity (Wildman–Crippen MR) is 134 cm³/mol. The molecule has 0 spiro atoms. The van der Waals surface area contributed by atoms with E-state index in [1.54, 1.807) is 10.4 Å². The average molecular weight is 516 g/mol. The second-order valence-corrected chi connectivity index (χ2v) is 43.0. The Morgan fingerprint density at radius 2 is 1.12 bits per heavy atom. The third-order valence-electron chi connectivity index (χ3n) is 5.41. The Labute approximate surface area is 171 Å². The van der Waals surface area contributed by atoms with Crippen LogP contribution in [0.25, 0.3) is 0 Å². The molecule has 144 valence electrons. The molecule has 0 N–H and O–H groups in total. The van der Waals surface area contributed by atoms with Crippen molar-refractivity contribution in [1.29, 1.82) is 0 Å². The van der Waals surface area contributed by atoms with E-state index in [1.807, 2.05) is 0 Å². The van der Waals surface area contributed by atoms with E-state index in [-0.39, 0.29) is 8.80 Å². The minimum atomic E-state index is -1.29. The van der Waals surface area contributed by atoms with Crippen LogP contribution in [0.15, 0.2) is 24.3 Å². The molecule has 0 fully saturated rings. The first-order valence-corrected chi connectivity index (χ1v) is 31.8. The Morgan fingerprint density at radius 1 is 0.760 bits per heavy atom. The van der Waals surface area contributed by atoms with Gasteiger partial charge in [0.2, 0.25) is 0 Å². The Bertz CT molecular complexity index is 497. The van der Waals surface area contributed by atoms with Gasteiger partial charge in [0.05, 0.1) is 15.7 Å². The third kappa shape index (κ3) is 9.08. The zero-order chi connectivity index (χ0) is 20.1. The van der Waals surface area contributed by atoms with Crippen LogP contribution in [0.3, 0.4) is 0 Å². The van der Waals surface area contributed by atoms with Crippen molar-refractivity contribution in [3.63, 3.8) is 0 Å². The summed E-state index contributed by atoms with van der Waals surface area (Å²) in [6, 6.07) is 12.9. The molecule has 0 amide bonds. The molecule has 0 atom stereocenters. The van der Waals surface area contributed by atoms with Gasteiger partial charge < -0.3 is 0 Å².